The summed E-state index contributed by atoms with van der Waals surface area (Å²) in [6.45, 7) is 1.79. The summed E-state index contributed by atoms with van der Waals surface area (Å²) in [5.41, 5.74) is 1.51. The number of aryl methyl sites for hydroxylation is 1. The summed E-state index contributed by atoms with van der Waals surface area (Å²) in [5, 5.41) is 1.34. The predicted octanol–water partition coefficient (Wildman–Crippen LogP) is 3.03. The largest absolute Gasteiger partial charge is 0.337 e. The Labute approximate surface area is 150 Å². The summed E-state index contributed by atoms with van der Waals surface area (Å²) >= 11 is 7.32. The van der Waals surface area contributed by atoms with E-state index in [4.69, 9.17) is 11.6 Å². The Morgan fingerprint density at radius 3 is 2.79 bits per heavy atom. The van der Waals surface area contributed by atoms with Crippen molar-refractivity contribution in [2.24, 2.45) is 0 Å². The van der Waals surface area contributed by atoms with Gasteiger partial charge in [-0.1, -0.05) is 23.7 Å². The Kier molecular flexibility index (Phi) is 4.68. The van der Waals surface area contributed by atoms with Crippen LogP contribution in [-0.2, 0) is 9.84 Å². The molecule has 2 aromatic rings. The van der Waals surface area contributed by atoms with Crippen molar-refractivity contribution in [2.45, 2.75) is 19.4 Å². The van der Waals surface area contributed by atoms with Gasteiger partial charge in [0.1, 0.15) is 9.88 Å². The van der Waals surface area contributed by atoms with Crippen LogP contribution >= 0.6 is 22.9 Å². The summed E-state index contributed by atoms with van der Waals surface area (Å²) in [4.78, 5) is 19.3. The number of amides is 1. The molecule has 0 radical (unpaired) electrons. The first-order chi connectivity index (χ1) is 11.3. The number of nitrogens with zero attached hydrogens (tertiary/aromatic N) is 2. The number of benzene rings is 1. The molecular weight excluding hydrogens is 368 g/mol. The van der Waals surface area contributed by atoms with Gasteiger partial charge in [-0.2, -0.15) is 0 Å². The molecule has 1 aromatic heterocycles. The highest BCUT2D eigenvalue weighted by atomic mass is 35.5. The number of hydrogen-bond donors (Lipinski definition) is 0. The first kappa shape index (κ1) is 17.4. The Morgan fingerprint density at radius 1 is 1.42 bits per heavy atom. The van der Waals surface area contributed by atoms with Crippen LogP contribution in [0.4, 0.5) is 0 Å². The number of thiazole rings is 1. The summed E-state index contributed by atoms with van der Waals surface area (Å²) in [6.07, 6.45) is 0.490. The minimum atomic E-state index is -3.03. The number of hydrogen-bond acceptors (Lipinski definition) is 5. The van der Waals surface area contributed by atoms with Crippen molar-refractivity contribution in [3.63, 3.8) is 0 Å². The molecule has 0 aliphatic carbocycles. The van der Waals surface area contributed by atoms with Gasteiger partial charge < -0.3 is 4.90 Å². The maximum Gasteiger partial charge on any atom is 0.265 e. The molecule has 5 nitrogen and oxygen atoms in total. The third-order valence-electron chi connectivity index (χ3n) is 4.14. The fourth-order valence-electron chi connectivity index (χ4n) is 2.75. The van der Waals surface area contributed by atoms with Crippen LogP contribution in [-0.4, -0.2) is 48.8 Å². The van der Waals surface area contributed by atoms with E-state index in [0.29, 0.717) is 22.0 Å². The standard InChI is InChI=1S/C16H17ClN2O3S2/c1-10-14(16(20)19(2)13-6-7-24(21,22)9-13)23-15(18-10)11-4-3-5-12(17)8-11/h3-5,8,13H,6-7,9H2,1-2H3. The fraction of sp³-hybridized carbons (Fsp3) is 0.375. The Bertz CT molecular complexity index is 892. The van der Waals surface area contributed by atoms with Crippen molar-refractivity contribution >= 4 is 38.7 Å². The van der Waals surface area contributed by atoms with Crippen molar-refractivity contribution in [3.8, 4) is 10.6 Å². The smallest absolute Gasteiger partial charge is 0.265 e. The maximum absolute atomic E-state index is 12.8. The van der Waals surface area contributed by atoms with E-state index >= 15 is 0 Å². The highest BCUT2D eigenvalue weighted by molar-refractivity contribution is 7.91. The van der Waals surface area contributed by atoms with E-state index < -0.39 is 9.84 Å². The van der Waals surface area contributed by atoms with E-state index in [0.717, 1.165) is 10.6 Å². The monoisotopic (exact) mass is 384 g/mol. The summed E-state index contributed by atoms with van der Waals surface area (Å²) in [5.74, 6) is -0.000676. The zero-order chi connectivity index (χ0) is 17.5. The number of halogens is 1. The van der Waals surface area contributed by atoms with Crippen LogP contribution < -0.4 is 0 Å². The van der Waals surface area contributed by atoms with Crippen molar-refractivity contribution in [3.05, 3.63) is 39.9 Å². The lowest BCUT2D eigenvalue weighted by Crippen LogP contribution is -2.37. The lowest BCUT2D eigenvalue weighted by atomic mass is 10.2. The third-order valence-corrected chi connectivity index (χ3v) is 7.32. The van der Waals surface area contributed by atoms with E-state index in [2.05, 4.69) is 4.98 Å². The summed E-state index contributed by atoms with van der Waals surface area (Å²) < 4.78 is 23.3. The van der Waals surface area contributed by atoms with Gasteiger partial charge in [-0.05, 0) is 25.5 Å². The first-order valence-electron chi connectivity index (χ1n) is 7.48. The van der Waals surface area contributed by atoms with Crippen molar-refractivity contribution < 1.29 is 13.2 Å². The second kappa shape index (κ2) is 6.46. The SMILES string of the molecule is Cc1nc(-c2cccc(Cl)c2)sc1C(=O)N(C)C1CCS(=O)(=O)C1. The van der Waals surface area contributed by atoms with Crippen LogP contribution in [0.2, 0.25) is 5.02 Å². The average Bonchev–Trinajstić information content (AvgIpc) is 3.08. The average molecular weight is 385 g/mol. The molecule has 1 saturated heterocycles. The molecule has 128 valence electrons. The zero-order valence-electron chi connectivity index (χ0n) is 13.3. The van der Waals surface area contributed by atoms with Crippen LogP contribution in [0.1, 0.15) is 21.8 Å². The molecule has 2 heterocycles. The van der Waals surface area contributed by atoms with Crippen LogP contribution in [0.25, 0.3) is 10.6 Å². The zero-order valence-corrected chi connectivity index (χ0v) is 15.7. The lowest BCUT2D eigenvalue weighted by Gasteiger charge is -2.22. The molecule has 0 N–H and O–H groups in total. The summed E-state index contributed by atoms with van der Waals surface area (Å²) in [6, 6.07) is 7.06. The van der Waals surface area contributed by atoms with E-state index in [-0.39, 0.29) is 23.5 Å². The van der Waals surface area contributed by atoms with E-state index in [9.17, 15) is 13.2 Å². The Balaban J connectivity index is 1.86. The summed E-state index contributed by atoms with van der Waals surface area (Å²) in [7, 11) is -1.37. The second-order valence-corrected chi connectivity index (χ2v) is 9.58. The molecule has 0 saturated carbocycles. The quantitative estimate of drug-likeness (QED) is 0.815. The molecule has 8 heteroatoms. The first-order valence-corrected chi connectivity index (χ1v) is 10.5. The van der Waals surface area contributed by atoms with Gasteiger partial charge >= 0.3 is 0 Å². The topological polar surface area (TPSA) is 67.3 Å². The molecular formula is C16H17ClN2O3S2. The fourth-order valence-corrected chi connectivity index (χ4v) is 5.76. The van der Waals surface area contributed by atoms with E-state index in [1.54, 1.807) is 26.1 Å². The van der Waals surface area contributed by atoms with Crippen molar-refractivity contribution in [2.75, 3.05) is 18.6 Å². The van der Waals surface area contributed by atoms with Gasteiger partial charge in [0, 0.05) is 23.7 Å². The molecule has 1 aliphatic heterocycles. The molecule has 1 aromatic carbocycles. The molecule has 1 amide bonds. The molecule has 24 heavy (non-hydrogen) atoms. The van der Waals surface area contributed by atoms with Gasteiger partial charge in [0.2, 0.25) is 0 Å². The maximum atomic E-state index is 12.8. The molecule has 1 fully saturated rings. The number of aromatic nitrogens is 1. The Hall–Kier alpha value is -1.44. The van der Waals surface area contributed by atoms with Gasteiger partial charge in [-0.3, -0.25) is 4.79 Å². The highest BCUT2D eigenvalue weighted by Gasteiger charge is 2.34. The van der Waals surface area contributed by atoms with Crippen LogP contribution in [0.15, 0.2) is 24.3 Å². The van der Waals surface area contributed by atoms with E-state index in [1.807, 2.05) is 12.1 Å². The van der Waals surface area contributed by atoms with Gasteiger partial charge in [-0.25, -0.2) is 13.4 Å². The third kappa shape index (κ3) is 3.48. The number of rotatable bonds is 3. The van der Waals surface area contributed by atoms with Crippen molar-refractivity contribution in [1.29, 1.82) is 0 Å². The second-order valence-electron chi connectivity index (χ2n) is 5.92. The van der Waals surface area contributed by atoms with Gasteiger partial charge in [-0.15, -0.1) is 11.3 Å². The van der Waals surface area contributed by atoms with E-state index in [1.165, 1.54) is 16.2 Å². The Morgan fingerprint density at radius 2 is 2.17 bits per heavy atom. The number of carbonyl (C=O) groups is 1. The molecule has 1 aliphatic rings. The van der Waals surface area contributed by atoms with Gasteiger partial charge in [0.15, 0.2) is 9.84 Å². The molecule has 1 unspecified atom stereocenters. The number of sulfone groups is 1. The van der Waals surface area contributed by atoms with Gasteiger partial charge in [0.25, 0.3) is 5.91 Å². The molecule has 3 rings (SSSR count). The normalized spacial score (nSPS) is 19.4. The molecule has 0 spiro atoms. The molecule has 1 atom stereocenters. The predicted molar refractivity (Wildman–Crippen MR) is 96.4 cm³/mol. The van der Waals surface area contributed by atoms with Crippen LogP contribution in [0, 0.1) is 6.92 Å². The highest BCUT2D eigenvalue weighted by Crippen LogP contribution is 2.31. The van der Waals surface area contributed by atoms with Crippen molar-refractivity contribution in [1.82, 2.24) is 9.88 Å². The molecule has 0 bridgehead atoms. The van der Waals surface area contributed by atoms with Crippen LogP contribution in [0.5, 0.6) is 0 Å². The minimum absolute atomic E-state index is 0.0360. The number of carbonyl (C=O) groups excluding carboxylic acids is 1. The lowest BCUT2D eigenvalue weighted by molar-refractivity contribution is 0.0751. The minimum Gasteiger partial charge on any atom is -0.337 e. The van der Waals surface area contributed by atoms with Crippen LogP contribution in [0.3, 0.4) is 0 Å². The van der Waals surface area contributed by atoms with Gasteiger partial charge in [0.05, 0.1) is 17.2 Å².